The third-order valence-electron chi connectivity index (χ3n) is 2.88. The molecule has 0 saturated carbocycles. The molecule has 0 heterocycles. The van der Waals surface area contributed by atoms with Crippen molar-refractivity contribution in [2.45, 2.75) is 40.5 Å². The number of rotatable bonds is 4. The Morgan fingerprint density at radius 2 is 1.12 bits per heavy atom. The van der Waals surface area contributed by atoms with Gasteiger partial charge in [-0.15, -0.1) is 0 Å². The Hall–Kier alpha value is -1.38. The second-order valence-corrected chi connectivity index (χ2v) is 5.63. The fourth-order valence-corrected chi connectivity index (χ4v) is 2.07. The zero-order valence-electron chi connectivity index (χ0n) is 11.4. The highest BCUT2D eigenvalue weighted by Gasteiger charge is 2.13. The van der Waals surface area contributed by atoms with Crippen LogP contribution < -0.4 is 17.2 Å². The Labute approximate surface area is 104 Å². The zero-order chi connectivity index (χ0) is 13.2. The van der Waals surface area contributed by atoms with Crippen LogP contribution in [0.5, 0.6) is 0 Å². The van der Waals surface area contributed by atoms with Crippen LogP contribution in [0.4, 0.5) is 17.1 Å². The van der Waals surface area contributed by atoms with Crippen LogP contribution in [0, 0.1) is 11.8 Å². The molecule has 3 heteroatoms. The van der Waals surface area contributed by atoms with Crippen molar-refractivity contribution in [1.29, 1.82) is 0 Å². The molecule has 0 unspecified atom stereocenters. The Morgan fingerprint density at radius 3 is 1.41 bits per heavy atom. The largest absolute Gasteiger partial charge is 0.397 e. The van der Waals surface area contributed by atoms with Gasteiger partial charge in [-0.3, -0.25) is 0 Å². The number of anilines is 3. The van der Waals surface area contributed by atoms with Crippen LogP contribution >= 0.6 is 0 Å². The second kappa shape index (κ2) is 5.30. The fraction of sp³-hybridized carbons (Fsp3) is 0.571. The van der Waals surface area contributed by atoms with Crippen molar-refractivity contribution in [2.24, 2.45) is 11.8 Å². The molecular weight excluding hydrogens is 210 g/mol. The molecule has 0 bridgehead atoms. The Bertz CT molecular complexity index is 361. The van der Waals surface area contributed by atoms with Gasteiger partial charge in [0, 0.05) is 0 Å². The molecule has 0 spiro atoms. The molecule has 1 aromatic rings. The Morgan fingerprint density at radius 1 is 0.765 bits per heavy atom. The van der Waals surface area contributed by atoms with E-state index in [1.165, 1.54) is 0 Å². The van der Waals surface area contributed by atoms with E-state index in [1.807, 2.05) is 0 Å². The lowest BCUT2D eigenvalue weighted by atomic mass is 9.93. The lowest BCUT2D eigenvalue weighted by Crippen LogP contribution is -2.10. The number of hydrogen-bond donors (Lipinski definition) is 3. The quantitative estimate of drug-likeness (QED) is 0.702. The monoisotopic (exact) mass is 235 g/mol. The molecule has 0 saturated heterocycles. The second-order valence-electron chi connectivity index (χ2n) is 5.63. The molecule has 17 heavy (non-hydrogen) atoms. The van der Waals surface area contributed by atoms with Crippen molar-refractivity contribution in [3.63, 3.8) is 0 Å². The van der Waals surface area contributed by atoms with E-state index in [9.17, 15) is 0 Å². The molecule has 0 radical (unpaired) electrons. The minimum absolute atomic E-state index is 0.554. The molecule has 6 N–H and O–H groups in total. The van der Waals surface area contributed by atoms with E-state index in [0.29, 0.717) is 28.9 Å². The van der Waals surface area contributed by atoms with Crippen molar-refractivity contribution in [3.8, 4) is 0 Å². The van der Waals surface area contributed by atoms with Crippen LogP contribution in [0.25, 0.3) is 0 Å². The van der Waals surface area contributed by atoms with Gasteiger partial charge >= 0.3 is 0 Å². The highest BCUT2D eigenvalue weighted by atomic mass is 14.7. The number of hydrogen-bond acceptors (Lipinski definition) is 3. The Balaban J connectivity index is 3.19. The first kappa shape index (κ1) is 13.7. The number of benzene rings is 1. The van der Waals surface area contributed by atoms with Crippen LogP contribution in [0.2, 0.25) is 0 Å². The van der Waals surface area contributed by atoms with E-state index in [4.69, 9.17) is 17.2 Å². The summed E-state index contributed by atoms with van der Waals surface area (Å²) in [5.41, 5.74) is 22.2. The normalized spacial score (nSPS) is 11.4. The van der Waals surface area contributed by atoms with Crippen molar-refractivity contribution in [1.82, 2.24) is 0 Å². The maximum Gasteiger partial charge on any atom is 0.0787 e. The first-order chi connectivity index (χ1) is 7.82. The van der Waals surface area contributed by atoms with E-state index < -0.39 is 0 Å². The van der Waals surface area contributed by atoms with Crippen molar-refractivity contribution in [3.05, 3.63) is 17.2 Å². The predicted octanol–water partition coefficient (Wildman–Crippen LogP) is 2.83. The molecule has 96 valence electrons. The van der Waals surface area contributed by atoms with E-state index in [0.717, 1.165) is 24.0 Å². The van der Waals surface area contributed by atoms with Gasteiger partial charge in [0.2, 0.25) is 0 Å². The van der Waals surface area contributed by atoms with E-state index >= 15 is 0 Å². The van der Waals surface area contributed by atoms with Gasteiger partial charge in [-0.1, -0.05) is 33.8 Å². The average Bonchev–Trinajstić information content (AvgIpc) is 2.20. The van der Waals surface area contributed by atoms with Crippen molar-refractivity contribution >= 4 is 17.1 Å². The van der Waals surface area contributed by atoms with Crippen LogP contribution in [0.15, 0.2) is 6.07 Å². The third kappa shape index (κ3) is 3.29. The first-order valence-electron chi connectivity index (χ1n) is 6.28. The molecule has 0 aliphatic carbocycles. The third-order valence-corrected chi connectivity index (χ3v) is 2.88. The van der Waals surface area contributed by atoms with Gasteiger partial charge < -0.3 is 17.2 Å². The molecule has 0 aliphatic rings. The molecule has 0 fully saturated rings. The molecular formula is C14H25N3. The molecule has 3 nitrogen and oxygen atoms in total. The minimum Gasteiger partial charge on any atom is -0.397 e. The van der Waals surface area contributed by atoms with Crippen LogP contribution in [0.1, 0.15) is 38.8 Å². The van der Waals surface area contributed by atoms with Gasteiger partial charge in [0.1, 0.15) is 0 Å². The predicted molar refractivity (Wildman–Crippen MR) is 76.8 cm³/mol. The molecule has 0 aromatic heterocycles. The maximum absolute atomic E-state index is 6.03. The minimum atomic E-state index is 0.554. The maximum atomic E-state index is 6.03. The highest BCUT2D eigenvalue weighted by molar-refractivity contribution is 5.82. The summed E-state index contributed by atoms with van der Waals surface area (Å²) in [6.45, 7) is 8.70. The summed E-state index contributed by atoms with van der Waals surface area (Å²) in [4.78, 5) is 0. The molecule has 0 aliphatic heterocycles. The highest BCUT2D eigenvalue weighted by Crippen LogP contribution is 2.33. The smallest absolute Gasteiger partial charge is 0.0787 e. The summed E-state index contributed by atoms with van der Waals surface area (Å²) in [7, 11) is 0. The van der Waals surface area contributed by atoms with Crippen LogP contribution in [-0.4, -0.2) is 0 Å². The summed E-state index contributed by atoms with van der Waals surface area (Å²) in [6.07, 6.45) is 1.89. The zero-order valence-corrected chi connectivity index (χ0v) is 11.4. The van der Waals surface area contributed by atoms with Gasteiger partial charge in [-0.05, 0) is 35.8 Å². The lowest BCUT2D eigenvalue weighted by molar-refractivity contribution is 0.638. The van der Waals surface area contributed by atoms with Gasteiger partial charge in [0.15, 0.2) is 0 Å². The van der Waals surface area contributed by atoms with Crippen molar-refractivity contribution in [2.75, 3.05) is 17.2 Å². The fourth-order valence-electron chi connectivity index (χ4n) is 2.07. The number of nitrogen functional groups attached to an aromatic ring is 3. The van der Waals surface area contributed by atoms with Gasteiger partial charge in [0.25, 0.3) is 0 Å². The SMILES string of the molecule is CC(C)Cc1cc(CC(C)C)c(N)c(N)c1N. The topological polar surface area (TPSA) is 78.1 Å². The van der Waals surface area contributed by atoms with E-state index in [-0.39, 0.29) is 0 Å². The summed E-state index contributed by atoms with van der Waals surface area (Å²) < 4.78 is 0. The molecule has 0 amide bonds. The summed E-state index contributed by atoms with van der Waals surface area (Å²) in [5.74, 6) is 1.12. The van der Waals surface area contributed by atoms with Crippen LogP contribution in [-0.2, 0) is 12.8 Å². The van der Waals surface area contributed by atoms with Crippen LogP contribution in [0.3, 0.4) is 0 Å². The van der Waals surface area contributed by atoms with Crippen molar-refractivity contribution < 1.29 is 0 Å². The van der Waals surface area contributed by atoms with E-state index in [2.05, 4.69) is 33.8 Å². The summed E-state index contributed by atoms with van der Waals surface area (Å²) >= 11 is 0. The standard InChI is InChI=1S/C14H25N3/c1-8(2)5-10-7-11(6-9(3)4)13(16)14(17)12(10)15/h7-9H,5-6,15-17H2,1-4H3. The lowest BCUT2D eigenvalue weighted by Gasteiger charge is -2.17. The Kier molecular flexibility index (Phi) is 4.27. The first-order valence-corrected chi connectivity index (χ1v) is 6.28. The van der Waals surface area contributed by atoms with Gasteiger partial charge in [-0.25, -0.2) is 0 Å². The van der Waals surface area contributed by atoms with Gasteiger partial charge in [0.05, 0.1) is 17.1 Å². The average molecular weight is 235 g/mol. The molecule has 0 atom stereocenters. The van der Waals surface area contributed by atoms with Gasteiger partial charge in [-0.2, -0.15) is 0 Å². The summed E-state index contributed by atoms with van der Waals surface area (Å²) in [6, 6.07) is 2.13. The summed E-state index contributed by atoms with van der Waals surface area (Å²) in [5, 5.41) is 0. The molecule has 1 rings (SSSR count). The van der Waals surface area contributed by atoms with E-state index in [1.54, 1.807) is 0 Å². The molecule has 1 aromatic carbocycles. The number of nitrogens with two attached hydrogens (primary N) is 3.